The van der Waals surface area contributed by atoms with Gasteiger partial charge in [-0.1, -0.05) is 25.0 Å². The molecule has 6 heteroatoms. The van der Waals surface area contributed by atoms with E-state index in [4.69, 9.17) is 9.72 Å². The van der Waals surface area contributed by atoms with Gasteiger partial charge in [-0.05, 0) is 42.0 Å². The zero-order chi connectivity index (χ0) is 20.9. The number of nitrogens with zero attached hydrogens (tertiary/aromatic N) is 2. The number of H-pyrrole nitrogens is 2. The molecule has 0 aliphatic heterocycles. The number of aromatic amines is 2. The number of fused-ring (bicyclic) bond motifs is 6. The lowest BCUT2D eigenvalue weighted by atomic mass is 9.97. The van der Waals surface area contributed by atoms with E-state index >= 15 is 0 Å². The summed E-state index contributed by atoms with van der Waals surface area (Å²) < 4.78 is 5.17. The number of rotatable bonds is 3. The molecule has 0 spiro atoms. The van der Waals surface area contributed by atoms with Crippen molar-refractivity contribution in [3.63, 3.8) is 0 Å². The lowest BCUT2D eigenvalue weighted by molar-refractivity contribution is 0.398. The molecular weight excluding hydrogens is 388 g/mol. The van der Waals surface area contributed by atoms with Gasteiger partial charge in [-0.25, -0.2) is 9.97 Å². The average Bonchev–Trinajstić information content (AvgIpc) is 3.49. The second kappa shape index (κ2) is 6.94. The minimum absolute atomic E-state index is 0.0974. The van der Waals surface area contributed by atoms with Crippen molar-refractivity contribution >= 4 is 32.6 Å². The maximum absolute atomic E-state index is 12.9. The Morgan fingerprint density at radius 3 is 2.61 bits per heavy atom. The van der Waals surface area contributed by atoms with Gasteiger partial charge < -0.3 is 14.7 Å². The number of ether oxygens (including phenoxy) is 1. The molecule has 2 aromatic carbocycles. The van der Waals surface area contributed by atoms with Crippen LogP contribution in [0.5, 0.6) is 5.88 Å². The summed E-state index contributed by atoms with van der Waals surface area (Å²) >= 11 is 0. The SMILES string of the molecule is COc1ccc(-c2ccc3c(c2)c2c(=O)[nH]ccc2c2nc(C4CCCC4)[nH]c32)cn1. The highest BCUT2D eigenvalue weighted by Gasteiger charge is 2.22. The van der Waals surface area contributed by atoms with E-state index in [0.29, 0.717) is 17.2 Å². The summed E-state index contributed by atoms with van der Waals surface area (Å²) in [7, 11) is 1.60. The highest BCUT2D eigenvalue weighted by molar-refractivity contribution is 6.23. The molecule has 31 heavy (non-hydrogen) atoms. The molecule has 2 N–H and O–H groups in total. The third-order valence-electron chi connectivity index (χ3n) is 6.52. The Labute approximate surface area is 178 Å². The van der Waals surface area contributed by atoms with Gasteiger partial charge in [0.2, 0.25) is 5.88 Å². The first-order valence-electron chi connectivity index (χ1n) is 10.7. The van der Waals surface area contributed by atoms with Crippen molar-refractivity contribution in [2.75, 3.05) is 7.11 Å². The Balaban J connectivity index is 1.65. The molecular formula is C25H22N4O2. The molecule has 0 radical (unpaired) electrons. The number of pyridine rings is 2. The Morgan fingerprint density at radius 1 is 1.00 bits per heavy atom. The van der Waals surface area contributed by atoms with Crippen LogP contribution in [0.25, 0.3) is 43.7 Å². The van der Waals surface area contributed by atoms with Crippen molar-refractivity contribution in [1.29, 1.82) is 0 Å². The highest BCUT2D eigenvalue weighted by atomic mass is 16.5. The van der Waals surface area contributed by atoms with Crippen LogP contribution in [0.3, 0.4) is 0 Å². The smallest absolute Gasteiger partial charge is 0.256 e. The van der Waals surface area contributed by atoms with Gasteiger partial charge in [0.05, 0.1) is 23.5 Å². The maximum atomic E-state index is 12.9. The number of hydrogen-bond donors (Lipinski definition) is 2. The summed E-state index contributed by atoms with van der Waals surface area (Å²) in [6.07, 6.45) is 8.34. The number of methoxy groups -OCH3 is 1. The van der Waals surface area contributed by atoms with Gasteiger partial charge in [0.15, 0.2) is 0 Å². The van der Waals surface area contributed by atoms with Crippen molar-refractivity contribution in [1.82, 2.24) is 19.9 Å². The molecule has 0 unspecified atom stereocenters. The van der Waals surface area contributed by atoms with E-state index in [9.17, 15) is 4.79 Å². The van der Waals surface area contributed by atoms with Crippen molar-refractivity contribution in [2.24, 2.45) is 0 Å². The topological polar surface area (TPSA) is 83.7 Å². The largest absolute Gasteiger partial charge is 0.481 e. The van der Waals surface area contributed by atoms with E-state index in [1.165, 1.54) is 25.7 Å². The first-order valence-corrected chi connectivity index (χ1v) is 10.7. The van der Waals surface area contributed by atoms with E-state index in [2.05, 4.69) is 33.2 Å². The van der Waals surface area contributed by atoms with Crippen LogP contribution in [0.15, 0.2) is 53.6 Å². The van der Waals surface area contributed by atoms with E-state index < -0.39 is 0 Å². The minimum Gasteiger partial charge on any atom is -0.481 e. The minimum atomic E-state index is -0.0974. The van der Waals surface area contributed by atoms with E-state index in [1.54, 1.807) is 19.5 Å². The fraction of sp³-hybridized carbons (Fsp3) is 0.240. The lowest BCUT2D eigenvalue weighted by Gasteiger charge is -2.08. The van der Waals surface area contributed by atoms with Crippen LogP contribution < -0.4 is 10.3 Å². The van der Waals surface area contributed by atoms with Crippen LogP contribution in [-0.2, 0) is 0 Å². The number of imidazole rings is 1. The summed E-state index contributed by atoms with van der Waals surface area (Å²) in [6.45, 7) is 0. The van der Waals surface area contributed by atoms with Gasteiger partial charge in [-0.15, -0.1) is 0 Å². The monoisotopic (exact) mass is 410 g/mol. The Kier molecular flexibility index (Phi) is 4.06. The Bertz CT molecular complexity index is 1490. The standard InChI is InChI=1S/C25H22N4O2/c1-31-20-9-7-16(13-27-20)15-6-8-17-19(12-15)21-18(10-11-26-25(21)30)23-22(17)28-24(29-23)14-4-2-3-5-14/h6-14H,2-5H2,1H3,(H,26,30)(H,28,29). The quantitative estimate of drug-likeness (QED) is 0.396. The predicted molar refractivity (Wildman–Crippen MR) is 123 cm³/mol. The first kappa shape index (κ1) is 18.1. The van der Waals surface area contributed by atoms with E-state index in [0.717, 1.165) is 44.1 Å². The molecule has 3 aromatic heterocycles. The van der Waals surface area contributed by atoms with Gasteiger partial charge >= 0.3 is 0 Å². The fourth-order valence-corrected chi connectivity index (χ4v) is 4.94. The van der Waals surface area contributed by atoms with Gasteiger partial charge in [-0.2, -0.15) is 0 Å². The predicted octanol–water partition coefficient (Wildman–Crippen LogP) is 5.29. The van der Waals surface area contributed by atoms with E-state index in [-0.39, 0.29) is 5.56 Å². The van der Waals surface area contributed by atoms with Gasteiger partial charge in [0, 0.05) is 40.7 Å². The molecule has 154 valence electrons. The molecule has 1 aliphatic rings. The van der Waals surface area contributed by atoms with Crippen LogP contribution in [0.4, 0.5) is 0 Å². The highest BCUT2D eigenvalue weighted by Crippen LogP contribution is 2.38. The number of aromatic nitrogens is 4. The molecule has 3 heterocycles. The second-order valence-corrected chi connectivity index (χ2v) is 8.27. The number of benzene rings is 2. The third-order valence-corrected chi connectivity index (χ3v) is 6.52. The Morgan fingerprint density at radius 2 is 1.84 bits per heavy atom. The van der Waals surface area contributed by atoms with Crippen LogP contribution in [0.2, 0.25) is 0 Å². The first-order chi connectivity index (χ1) is 15.2. The van der Waals surface area contributed by atoms with Gasteiger partial charge in [0.25, 0.3) is 5.56 Å². The molecule has 6 rings (SSSR count). The second-order valence-electron chi connectivity index (χ2n) is 8.27. The zero-order valence-electron chi connectivity index (χ0n) is 17.2. The fourth-order valence-electron chi connectivity index (χ4n) is 4.94. The third kappa shape index (κ3) is 2.82. The Hall–Kier alpha value is -3.67. The molecule has 6 nitrogen and oxygen atoms in total. The molecule has 0 saturated heterocycles. The van der Waals surface area contributed by atoms with Crippen LogP contribution in [0.1, 0.15) is 37.4 Å². The van der Waals surface area contributed by atoms with Gasteiger partial charge in [0.1, 0.15) is 5.82 Å². The average molecular weight is 410 g/mol. The normalized spacial score (nSPS) is 14.7. The summed E-state index contributed by atoms with van der Waals surface area (Å²) in [5.41, 5.74) is 3.77. The summed E-state index contributed by atoms with van der Waals surface area (Å²) in [6, 6.07) is 12.0. The van der Waals surface area contributed by atoms with Crippen molar-refractivity contribution in [3.05, 3.63) is 65.0 Å². The van der Waals surface area contributed by atoms with E-state index in [1.807, 2.05) is 18.2 Å². The van der Waals surface area contributed by atoms with Crippen LogP contribution in [0, 0.1) is 0 Å². The lowest BCUT2D eigenvalue weighted by Crippen LogP contribution is -2.05. The maximum Gasteiger partial charge on any atom is 0.256 e. The molecule has 0 atom stereocenters. The molecule has 1 aliphatic carbocycles. The summed E-state index contributed by atoms with van der Waals surface area (Å²) in [4.78, 5) is 28.7. The zero-order valence-corrected chi connectivity index (χ0v) is 17.2. The molecule has 1 fully saturated rings. The van der Waals surface area contributed by atoms with Crippen LogP contribution >= 0.6 is 0 Å². The molecule has 0 amide bonds. The van der Waals surface area contributed by atoms with Crippen molar-refractivity contribution in [2.45, 2.75) is 31.6 Å². The summed E-state index contributed by atoms with van der Waals surface area (Å²) in [5, 5.41) is 3.50. The van der Waals surface area contributed by atoms with Crippen LogP contribution in [-0.4, -0.2) is 27.0 Å². The molecule has 5 aromatic rings. The summed E-state index contributed by atoms with van der Waals surface area (Å²) in [5.74, 6) is 2.10. The number of nitrogens with one attached hydrogen (secondary N) is 2. The van der Waals surface area contributed by atoms with Gasteiger partial charge in [-0.3, -0.25) is 4.79 Å². The van der Waals surface area contributed by atoms with Crippen molar-refractivity contribution in [3.8, 4) is 17.0 Å². The number of hydrogen-bond acceptors (Lipinski definition) is 4. The molecule has 0 bridgehead atoms. The molecule has 1 saturated carbocycles. The van der Waals surface area contributed by atoms with Crippen molar-refractivity contribution < 1.29 is 4.74 Å².